The number of hydrogen-bond donors (Lipinski definition) is 0. The van der Waals surface area contributed by atoms with E-state index in [4.69, 9.17) is 8.22 Å². The van der Waals surface area contributed by atoms with Crippen LogP contribution in [0.25, 0.3) is 0 Å². The van der Waals surface area contributed by atoms with Gasteiger partial charge in [0, 0.05) is 41.0 Å². The van der Waals surface area contributed by atoms with Gasteiger partial charge in [0.25, 0.3) is 5.91 Å². The largest absolute Gasteiger partial charge is 0.330 e. The normalized spacial score (nSPS) is 53.5. The minimum Gasteiger partial charge on any atom is -0.330 e. The number of carbonyl (C=O) groups excluding carboxylic acids is 1. The van der Waals surface area contributed by atoms with Crippen molar-refractivity contribution < 1.29 is 15.8 Å². The SMILES string of the molecule is [2H]C1([2H])N2C([2H])([2H])C([2H])(C)C([2H])(C1([2H])[2H])[C@](C)(N1C[C@H]3CC(C)C(C)(C)c4c(C)c(C)cc(c43)C1=O)C2(C)C. The predicted molar refractivity (Wildman–Crippen MR) is 128 cm³/mol. The van der Waals surface area contributed by atoms with Gasteiger partial charge in [-0.15, -0.1) is 0 Å². The van der Waals surface area contributed by atoms with Gasteiger partial charge >= 0.3 is 0 Å². The molecular weight excluding hydrogens is 380 g/mol. The third-order valence-corrected chi connectivity index (χ3v) is 9.41. The summed E-state index contributed by atoms with van der Waals surface area (Å²) >= 11 is 0. The number of aryl methyl sites for hydroxylation is 1. The summed E-state index contributed by atoms with van der Waals surface area (Å²) in [5, 5.41) is 0. The van der Waals surface area contributed by atoms with Crippen LogP contribution in [-0.2, 0) is 5.41 Å². The van der Waals surface area contributed by atoms with Crippen molar-refractivity contribution in [2.24, 2.45) is 17.7 Å². The molecular formula is C28H42N2O. The van der Waals surface area contributed by atoms with Crippen LogP contribution in [-0.4, -0.2) is 46.3 Å². The topological polar surface area (TPSA) is 23.6 Å². The molecule has 3 heteroatoms. The van der Waals surface area contributed by atoms with Crippen molar-refractivity contribution in [1.82, 2.24) is 9.80 Å². The molecule has 0 N–H and O–H groups in total. The van der Waals surface area contributed by atoms with E-state index in [-0.39, 0.29) is 29.7 Å². The number of rotatable bonds is 1. The zero-order valence-electron chi connectivity index (χ0n) is 28.4. The lowest BCUT2D eigenvalue weighted by molar-refractivity contribution is -0.161. The molecule has 6 rings (SSSR count). The lowest BCUT2D eigenvalue weighted by Crippen LogP contribution is -2.79. The Morgan fingerprint density at radius 1 is 1.16 bits per heavy atom. The fourth-order valence-electron chi connectivity index (χ4n) is 6.67. The van der Waals surface area contributed by atoms with Gasteiger partial charge in [0.15, 0.2) is 0 Å². The Balaban J connectivity index is 1.83. The number of amides is 1. The molecule has 5 aliphatic rings. The number of hydrogen-bond acceptors (Lipinski definition) is 2. The van der Waals surface area contributed by atoms with Crippen LogP contribution in [0.1, 0.15) is 111 Å². The third-order valence-electron chi connectivity index (χ3n) is 9.41. The molecule has 2 bridgehead atoms. The van der Waals surface area contributed by atoms with Gasteiger partial charge in [0.05, 0.1) is 5.54 Å². The molecule has 170 valence electrons. The summed E-state index contributed by atoms with van der Waals surface area (Å²) < 4.78 is 72.5. The number of benzene rings is 1. The summed E-state index contributed by atoms with van der Waals surface area (Å²) in [4.78, 5) is 17.0. The van der Waals surface area contributed by atoms with Crippen molar-refractivity contribution in [2.45, 2.75) is 97.5 Å². The van der Waals surface area contributed by atoms with Crippen LogP contribution < -0.4 is 0 Å². The van der Waals surface area contributed by atoms with E-state index >= 15 is 0 Å². The predicted octanol–water partition coefficient (Wildman–Crippen LogP) is 5.67. The molecule has 0 spiro atoms. The van der Waals surface area contributed by atoms with Gasteiger partial charge in [-0.05, 0) is 105 Å². The maximum atomic E-state index is 14.6. The Hall–Kier alpha value is -1.35. The molecule has 0 aromatic heterocycles. The highest BCUT2D eigenvalue weighted by molar-refractivity contribution is 5.99. The van der Waals surface area contributed by atoms with Crippen LogP contribution in [0.3, 0.4) is 0 Å². The van der Waals surface area contributed by atoms with Gasteiger partial charge in [-0.25, -0.2) is 0 Å². The van der Waals surface area contributed by atoms with Crippen LogP contribution >= 0.6 is 0 Å². The molecule has 1 aliphatic carbocycles. The first kappa shape index (κ1) is 14.0. The van der Waals surface area contributed by atoms with Gasteiger partial charge in [0.1, 0.15) is 0 Å². The summed E-state index contributed by atoms with van der Waals surface area (Å²) in [5.74, 6) is -5.24. The fourth-order valence-corrected chi connectivity index (χ4v) is 6.67. The first-order valence-electron chi connectivity index (χ1n) is 15.6. The zero-order chi connectivity index (χ0) is 29.9. The van der Waals surface area contributed by atoms with Crippen LogP contribution in [0, 0.1) is 31.6 Å². The Morgan fingerprint density at radius 2 is 1.84 bits per heavy atom. The molecule has 3 saturated heterocycles. The van der Waals surface area contributed by atoms with Crippen molar-refractivity contribution >= 4 is 5.91 Å². The quantitative estimate of drug-likeness (QED) is 0.573. The van der Waals surface area contributed by atoms with Crippen LogP contribution in [0.15, 0.2) is 6.07 Å². The molecule has 6 atom stereocenters. The van der Waals surface area contributed by atoms with E-state index in [2.05, 4.69) is 27.7 Å². The molecule has 31 heavy (non-hydrogen) atoms. The molecule has 0 radical (unpaired) electrons. The summed E-state index contributed by atoms with van der Waals surface area (Å²) in [6.45, 7) is 11.3. The van der Waals surface area contributed by atoms with Gasteiger partial charge in [-0.2, -0.15) is 0 Å². The average molecular weight is 431 g/mol. The highest BCUT2D eigenvalue weighted by atomic mass is 16.2. The molecule has 1 amide bonds. The van der Waals surface area contributed by atoms with Crippen LogP contribution in [0.4, 0.5) is 0 Å². The number of carbonyl (C=O) groups is 1. The van der Waals surface area contributed by atoms with Crippen molar-refractivity contribution in [1.29, 1.82) is 0 Å². The molecule has 0 saturated carbocycles. The first-order chi connectivity index (χ1) is 17.3. The molecule has 1 aromatic carbocycles. The van der Waals surface area contributed by atoms with E-state index in [1.165, 1.54) is 23.0 Å². The second-order valence-electron chi connectivity index (χ2n) is 11.4. The third kappa shape index (κ3) is 2.48. The highest BCUT2D eigenvalue weighted by Gasteiger charge is 2.63. The van der Waals surface area contributed by atoms with E-state index in [9.17, 15) is 7.54 Å². The molecule has 1 aromatic rings. The Morgan fingerprint density at radius 3 is 2.52 bits per heavy atom. The van der Waals surface area contributed by atoms with Gasteiger partial charge < -0.3 is 4.90 Å². The first-order valence-corrected chi connectivity index (χ1v) is 11.6. The second kappa shape index (κ2) is 6.37. The number of nitrogens with zero attached hydrogens (tertiary/aromatic N) is 2. The Kier molecular flexibility index (Phi) is 2.88. The molecule has 3 nitrogen and oxygen atoms in total. The van der Waals surface area contributed by atoms with E-state index in [0.717, 1.165) is 22.4 Å². The van der Waals surface area contributed by atoms with E-state index in [1.54, 1.807) is 20.8 Å². The smallest absolute Gasteiger partial charge is 0.254 e. The minimum absolute atomic E-state index is 0.0712. The van der Waals surface area contributed by atoms with Crippen molar-refractivity contribution in [3.8, 4) is 0 Å². The minimum atomic E-state index is -2.98. The molecule has 4 aliphatic heterocycles. The average Bonchev–Trinajstić information content (AvgIpc) is 2.77. The standard InChI is InChI=1S/C28H42N2O/c1-16-12-21-23-20(13-18(3)26(5,6)24(23)19(16)4)15-30(25(21)31)28(9)22-10-11-29(14-17(22)2)27(28,7)8/h12,17-18,20,22H,10-11,13-15H2,1-9H3/t17?,18?,20-,22?,28+/m1/s1/i10D2,11D2,14D2,17D,22D. The van der Waals surface area contributed by atoms with Gasteiger partial charge in [-0.1, -0.05) is 27.7 Å². The number of piperidine rings is 3. The molecule has 3 fully saturated rings. The van der Waals surface area contributed by atoms with E-state index < -0.39 is 42.2 Å². The van der Waals surface area contributed by atoms with Crippen LogP contribution in [0.5, 0.6) is 0 Å². The van der Waals surface area contributed by atoms with Crippen molar-refractivity contribution in [2.75, 3.05) is 19.5 Å². The van der Waals surface area contributed by atoms with Crippen molar-refractivity contribution in [3.63, 3.8) is 0 Å². The van der Waals surface area contributed by atoms with E-state index in [1.807, 2.05) is 13.0 Å². The zero-order valence-corrected chi connectivity index (χ0v) is 20.4. The van der Waals surface area contributed by atoms with Crippen molar-refractivity contribution in [3.05, 3.63) is 33.9 Å². The molecule has 4 unspecified atom stereocenters. The lowest BCUT2D eigenvalue weighted by Gasteiger charge is -2.69. The van der Waals surface area contributed by atoms with E-state index in [0.29, 0.717) is 5.56 Å². The second-order valence-corrected chi connectivity index (χ2v) is 11.4. The summed E-state index contributed by atoms with van der Waals surface area (Å²) in [5.41, 5.74) is 1.42. The molecule has 4 heterocycles. The van der Waals surface area contributed by atoms with Gasteiger partial charge in [0.2, 0.25) is 0 Å². The Labute approximate surface area is 200 Å². The lowest BCUT2D eigenvalue weighted by atomic mass is 9.56. The maximum absolute atomic E-state index is 14.6. The maximum Gasteiger partial charge on any atom is 0.254 e. The Bertz CT molecular complexity index is 1270. The summed E-state index contributed by atoms with van der Waals surface area (Å²) in [6.07, 6.45) is -2.19. The monoisotopic (exact) mass is 430 g/mol. The number of fused-ring (bicyclic) bond motifs is 3. The summed E-state index contributed by atoms with van der Waals surface area (Å²) in [7, 11) is 0. The fraction of sp³-hybridized carbons (Fsp3) is 0.750. The summed E-state index contributed by atoms with van der Waals surface area (Å²) in [6, 6.07) is 1.89. The van der Waals surface area contributed by atoms with Gasteiger partial charge in [-0.3, -0.25) is 9.69 Å². The van der Waals surface area contributed by atoms with Crippen LogP contribution in [0.2, 0.25) is 0 Å². The highest BCUT2D eigenvalue weighted by Crippen LogP contribution is 2.56.